The van der Waals surface area contributed by atoms with Crippen LogP contribution in [0.5, 0.6) is 0 Å². The van der Waals surface area contributed by atoms with Crippen LogP contribution in [-0.4, -0.2) is 66.1 Å². The molecular formula is C19H23ClN6O3S. The van der Waals surface area contributed by atoms with Crippen molar-refractivity contribution >= 4 is 45.1 Å². The Morgan fingerprint density at radius 3 is 2.57 bits per heavy atom. The zero-order chi connectivity index (χ0) is 21.5. The molecule has 2 aliphatic heterocycles. The number of urea groups is 1. The maximum Gasteiger partial charge on any atom is 0.330 e. The molecule has 2 aliphatic rings. The topological polar surface area (TPSA) is 98.7 Å². The number of rotatable bonds is 4. The molecule has 160 valence electrons. The summed E-state index contributed by atoms with van der Waals surface area (Å²) in [6, 6.07) is 6.96. The van der Waals surface area contributed by atoms with Gasteiger partial charge in [-0.15, -0.1) is 0 Å². The maximum atomic E-state index is 12.9. The lowest BCUT2D eigenvalue weighted by atomic mass is 10.1. The second-order valence-electron chi connectivity index (χ2n) is 7.55. The number of amides is 2. The van der Waals surface area contributed by atoms with E-state index < -0.39 is 10.0 Å². The van der Waals surface area contributed by atoms with Crippen LogP contribution >= 0.6 is 11.6 Å². The molecule has 0 bridgehead atoms. The fourth-order valence-electron chi connectivity index (χ4n) is 3.72. The SMILES string of the molecule is CN1Cc2cnc(NC3CCN(S(C)(=O)=O)CC3)nc2N(c2ccccc2Cl)C1=O. The third-order valence-electron chi connectivity index (χ3n) is 5.33. The van der Waals surface area contributed by atoms with Gasteiger partial charge < -0.3 is 10.2 Å². The molecule has 1 aromatic carbocycles. The molecule has 1 N–H and O–H groups in total. The second kappa shape index (κ2) is 8.01. The molecule has 1 saturated heterocycles. The Morgan fingerprint density at radius 2 is 1.90 bits per heavy atom. The van der Waals surface area contributed by atoms with Crippen molar-refractivity contribution < 1.29 is 13.2 Å². The van der Waals surface area contributed by atoms with Crippen LogP contribution in [0.4, 0.5) is 22.2 Å². The van der Waals surface area contributed by atoms with E-state index in [1.807, 2.05) is 6.07 Å². The Bertz CT molecular complexity index is 1070. The fraction of sp³-hybridized carbons (Fsp3) is 0.421. The number of para-hydroxylation sites is 1. The maximum absolute atomic E-state index is 12.9. The number of carbonyl (C=O) groups excluding carboxylic acids is 1. The number of nitrogens with one attached hydrogen (secondary N) is 1. The van der Waals surface area contributed by atoms with Gasteiger partial charge in [0.2, 0.25) is 16.0 Å². The van der Waals surface area contributed by atoms with E-state index >= 15 is 0 Å². The van der Waals surface area contributed by atoms with Crippen LogP contribution in [0, 0.1) is 0 Å². The van der Waals surface area contributed by atoms with E-state index in [0.717, 1.165) is 5.56 Å². The molecule has 0 spiro atoms. The molecule has 0 unspecified atom stereocenters. The molecule has 2 aromatic rings. The van der Waals surface area contributed by atoms with E-state index in [0.29, 0.717) is 55.0 Å². The highest BCUT2D eigenvalue weighted by atomic mass is 35.5. The van der Waals surface area contributed by atoms with Gasteiger partial charge in [-0.25, -0.2) is 27.4 Å². The zero-order valence-electron chi connectivity index (χ0n) is 16.7. The zero-order valence-corrected chi connectivity index (χ0v) is 18.3. The van der Waals surface area contributed by atoms with E-state index in [1.165, 1.54) is 15.5 Å². The van der Waals surface area contributed by atoms with Gasteiger partial charge in [-0.1, -0.05) is 23.7 Å². The van der Waals surface area contributed by atoms with Crippen LogP contribution in [0.25, 0.3) is 0 Å². The van der Waals surface area contributed by atoms with E-state index in [-0.39, 0.29) is 12.1 Å². The average molecular weight is 451 g/mol. The average Bonchev–Trinajstić information content (AvgIpc) is 2.70. The van der Waals surface area contributed by atoms with Crippen molar-refractivity contribution in [1.29, 1.82) is 0 Å². The molecule has 1 aromatic heterocycles. The third kappa shape index (κ3) is 4.07. The Morgan fingerprint density at radius 1 is 1.20 bits per heavy atom. The van der Waals surface area contributed by atoms with Crippen molar-refractivity contribution in [3.05, 3.63) is 41.0 Å². The highest BCUT2D eigenvalue weighted by Gasteiger charge is 2.33. The number of anilines is 3. The summed E-state index contributed by atoms with van der Waals surface area (Å²) in [5.74, 6) is 0.901. The Kier molecular flexibility index (Phi) is 5.56. The van der Waals surface area contributed by atoms with Crippen molar-refractivity contribution in [3.63, 3.8) is 0 Å². The molecule has 4 rings (SSSR count). The summed E-state index contributed by atoms with van der Waals surface area (Å²) < 4.78 is 24.9. The van der Waals surface area contributed by atoms with Crippen LogP contribution in [0.15, 0.2) is 30.5 Å². The molecule has 2 amide bonds. The summed E-state index contributed by atoms with van der Waals surface area (Å²) in [5.41, 5.74) is 1.37. The molecular weight excluding hydrogens is 428 g/mol. The van der Waals surface area contributed by atoms with Crippen molar-refractivity contribution in [2.24, 2.45) is 0 Å². The molecule has 0 radical (unpaired) electrons. The largest absolute Gasteiger partial charge is 0.351 e. The standard InChI is InChI=1S/C19H23ClN6O3S/c1-24-12-13-11-21-18(22-14-7-9-25(10-8-14)30(2,28)29)23-17(13)26(19(24)27)16-6-4-3-5-15(16)20/h3-6,11,14H,7-10,12H2,1-2H3,(H,21,22,23). The van der Waals surface area contributed by atoms with Crippen molar-refractivity contribution in [2.75, 3.05) is 36.6 Å². The molecule has 9 nitrogen and oxygen atoms in total. The predicted molar refractivity (Wildman–Crippen MR) is 116 cm³/mol. The molecule has 1 fully saturated rings. The van der Waals surface area contributed by atoms with Crippen LogP contribution in [0.3, 0.4) is 0 Å². The summed E-state index contributed by atoms with van der Waals surface area (Å²) in [7, 11) is -1.46. The van der Waals surface area contributed by atoms with Gasteiger partial charge in [-0.05, 0) is 25.0 Å². The summed E-state index contributed by atoms with van der Waals surface area (Å²) >= 11 is 6.36. The molecule has 0 aliphatic carbocycles. The van der Waals surface area contributed by atoms with Gasteiger partial charge in [-0.3, -0.25) is 0 Å². The number of fused-ring (bicyclic) bond motifs is 1. The second-order valence-corrected chi connectivity index (χ2v) is 9.94. The van der Waals surface area contributed by atoms with Gasteiger partial charge >= 0.3 is 6.03 Å². The highest BCUT2D eigenvalue weighted by Crippen LogP contribution is 2.37. The summed E-state index contributed by atoms with van der Waals surface area (Å²) in [6.45, 7) is 1.31. The van der Waals surface area contributed by atoms with Gasteiger partial charge in [0.25, 0.3) is 0 Å². The minimum absolute atomic E-state index is 0.0526. The lowest BCUT2D eigenvalue weighted by Crippen LogP contribution is -2.44. The highest BCUT2D eigenvalue weighted by molar-refractivity contribution is 7.88. The van der Waals surface area contributed by atoms with Gasteiger partial charge in [0, 0.05) is 37.9 Å². The quantitative estimate of drug-likeness (QED) is 0.768. The van der Waals surface area contributed by atoms with Crippen molar-refractivity contribution in [1.82, 2.24) is 19.2 Å². The number of benzene rings is 1. The predicted octanol–water partition coefficient (Wildman–Crippen LogP) is 2.67. The minimum atomic E-state index is -3.17. The van der Waals surface area contributed by atoms with Crippen molar-refractivity contribution in [2.45, 2.75) is 25.4 Å². The van der Waals surface area contributed by atoms with Crippen molar-refractivity contribution in [3.8, 4) is 0 Å². The normalized spacial score (nSPS) is 18.4. The molecule has 11 heteroatoms. The van der Waals surface area contributed by atoms with E-state index in [2.05, 4.69) is 15.3 Å². The number of hydrogen-bond acceptors (Lipinski definition) is 6. The summed E-state index contributed by atoms with van der Waals surface area (Å²) in [4.78, 5) is 25.0. The lowest BCUT2D eigenvalue weighted by Gasteiger charge is -2.35. The lowest BCUT2D eigenvalue weighted by molar-refractivity contribution is 0.213. The Balaban J connectivity index is 1.59. The summed E-state index contributed by atoms with van der Waals surface area (Å²) in [6.07, 6.45) is 4.25. The smallest absolute Gasteiger partial charge is 0.330 e. The molecule has 3 heterocycles. The molecule has 0 saturated carbocycles. The molecule has 30 heavy (non-hydrogen) atoms. The number of carbonyl (C=O) groups is 1. The first-order valence-corrected chi connectivity index (χ1v) is 11.8. The minimum Gasteiger partial charge on any atom is -0.351 e. The summed E-state index contributed by atoms with van der Waals surface area (Å²) in [5, 5.41) is 3.74. The first kappa shape index (κ1) is 20.8. The monoisotopic (exact) mass is 450 g/mol. The number of nitrogens with zero attached hydrogens (tertiary/aromatic N) is 5. The van der Waals surface area contributed by atoms with Crippen LogP contribution < -0.4 is 10.2 Å². The van der Waals surface area contributed by atoms with Gasteiger partial charge in [0.15, 0.2) is 5.82 Å². The van der Waals surface area contributed by atoms with Crippen LogP contribution in [-0.2, 0) is 16.6 Å². The van der Waals surface area contributed by atoms with Crippen LogP contribution in [0.2, 0.25) is 5.02 Å². The van der Waals surface area contributed by atoms with E-state index in [1.54, 1.807) is 36.3 Å². The molecule has 0 atom stereocenters. The van der Waals surface area contributed by atoms with E-state index in [4.69, 9.17) is 11.6 Å². The number of aromatic nitrogens is 2. The number of piperidine rings is 1. The van der Waals surface area contributed by atoms with Gasteiger partial charge in [0.1, 0.15) is 0 Å². The third-order valence-corrected chi connectivity index (χ3v) is 6.95. The number of halogens is 1. The number of hydrogen-bond donors (Lipinski definition) is 1. The van der Waals surface area contributed by atoms with E-state index in [9.17, 15) is 13.2 Å². The Hall–Kier alpha value is -2.43. The van der Waals surface area contributed by atoms with Gasteiger partial charge in [-0.2, -0.15) is 4.98 Å². The first-order chi connectivity index (χ1) is 14.2. The van der Waals surface area contributed by atoms with Gasteiger partial charge in [0.05, 0.1) is 23.5 Å². The first-order valence-electron chi connectivity index (χ1n) is 9.61. The Labute approximate surface area is 180 Å². The van der Waals surface area contributed by atoms with Crippen LogP contribution in [0.1, 0.15) is 18.4 Å². The number of sulfonamides is 1. The fourth-order valence-corrected chi connectivity index (χ4v) is 4.82.